The Kier molecular flexibility index (Phi) is 3.21. The average Bonchev–Trinajstić information content (AvgIpc) is 2.74. The van der Waals surface area contributed by atoms with Gasteiger partial charge in [-0.2, -0.15) is 0 Å². The normalized spacial score (nSPS) is 20.5. The molecule has 82 valence electrons. The van der Waals surface area contributed by atoms with Crippen LogP contribution in [0.1, 0.15) is 18.9 Å². The van der Waals surface area contributed by atoms with Crippen molar-refractivity contribution in [1.29, 1.82) is 0 Å². The molecule has 1 atom stereocenters. The molecular formula is C12H15FO2. The number of rotatable bonds is 3. The molecule has 2 rings (SSSR count). The Hall–Kier alpha value is -1.09. The van der Waals surface area contributed by atoms with Crippen LogP contribution in [0.25, 0.3) is 0 Å². The van der Waals surface area contributed by atoms with Gasteiger partial charge in [-0.3, -0.25) is 0 Å². The first-order valence-corrected chi connectivity index (χ1v) is 5.32. The molecule has 2 nitrogen and oxygen atoms in total. The highest BCUT2D eigenvalue weighted by Crippen LogP contribution is 2.22. The smallest absolute Gasteiger partial charge is 0.165 e. The lowest BCUT2D eigenvalue weighted by Gasteiger charge is -2.12. The summed E-state index contributed by atoms with van der Waals surface area (Å²) < 4.78 is 24.2. The summed E-state index contributed by atoms with van der Waals surface area (Å²) in [5.74, 6) is 0.0592. The number of benzene rings is 1. The van der Waals surface area contributed by atoms with E-state index in [-0.39, 0.29) is 11.9 Å². The molecule has 0 spiro atoms. The Morgan fingerprint density at radius 3 is 3.00 bits per heavy atom. The second-order valence-electron chi connectivity index (χ2n) is 3.72. The molecule has 1 heterocycles. The number of halogens is 1. The summed E-state index contributed by atoms with van der Waals surface area (Å²) >= 11 is 0. The third-order valence-electron chi connectivity index (χ3n) is 2.59. The third kappa shape index (κ3) is 2.48. The highest BCUT2D eigenvalue weighted by Gasteiger charge is 2.18. The zero-order chi connectivity index (χ0) is 10.7. The molecule has 0 N–H and O–H groups in total. The van der Waals surface area contributed by atoms with E-state index in [9.17, 15) is 4.39 Å². The molecule has 0 bridgehead atoms. The lowest BCUT2D eigenvalue weighted by atomic mass is 10.1. The van der Waals surface area contributed by atoms with Crippen LogP contribution in [0.4, 0.5) is 4.39 Å². The summed E-state index contributed by atoms with van der Waals surface area (Å²) in [6.45, 7) is 3.27. The molecule has 1 aliphatic rings. The SMILES string of the molecule is CCc1ccc(O[C@@H]2CCOC2)c(F)c1. The van der Waals surface area contributed by atoms with Gasteiger partial charge in [0.1, 0.15) is 6.10 Å². The molecule has 1 aromatic carbocycles. The van der Waals surface area contributed by atoms with Gasteiger partial charge in [0.25, 0.3) is 0 Å². The van der Waals surface area contributed by atoms with Crippen LogP contribution in [0, 0.1) is 5.82 Å². The summed E-state index contributed by atoms with van der Waals surface area (Å²) in [4.78, 5) is 0. The standard InChI is InChI=1S/C12H15FO2/c1-2-9-3-4-12(11(13)7-9)15-10-5-6-14-8-10/h3-4,7,10H,2,5-6,8H2,1H3/t10-/m1/s1. The molecule has 1 saturated heterocycles. The fraction of sp³-hybridized carbons (Fsp3) is 0.500. The van der Waals surface area contributed by atoms with Crippen molar-refractivity contribution in [2.75, 3.05) is 13.2 Å². The predicted molar refractivity (Wildman–Crippen MR) is 55.6 cm³/mol. The van der Waals surface area contributed by atoms with Gasteiger partial charge in [-0.05, 0) is 24.1 Å². The van der Waals surface area contributed by atoms with E-state index in [0.717, 1.165) is 18.4 Å². The Morgan fingerprint density at radius 1 is 1.53 bits per heavy atom. The van der Waals surface area contributed by atoms with Gasteiger partial charge in [0.05, 0.1) is 13.2 Å². The van der Waals surface area contributed by atoms with Crippen LogP contribution in [-0.4, -0.2) is 19.3 Å². The van der Waals surface area contributed by atoms with E-state index in [1.165, 1.54) is 6.07 Å². The molecule has 0 unspecified atom stereocenters. The quantitative estimate of drug-likeness (QED) is 0.763. The number of hydrogen-bond acceptors (Lipinski definition) is 2. The van der Waals surface area contributed by atoms with E-state index in [4.69, 9.17) is 9.47 Å². The molecule has 0 radical (unpaired) electrons. The Bertz CT molecular complexity index is 332. The van der Waals surface area contributed by atoms with Gasteiger partial charge >= 0.3 is 0 Å². The number of hydrogen-bond donors (Lipinski definition) is 0. The van der Waals surface area contributed by atoms with Crippen molar-refractivity contribution in [3.8, 4) is 5.75 Å². The summed E-state index contributed by atoms with van der Waals surface area (Å²) in [6, 6.07) is 5.13. The second-order valence-corrected chi connectivity index (χ2v) is 3.72. The zero-order valence-corrected chi connectivity index (χ0v) is 8.83. The lowest BCUT2D eigenvalue weighted by molar-refractivity contribution is 0.138. The van der Waals surface area contributed by atoms with E-state index >= 15 is 0 Å². The number of ether oxygens (including phenoxy) is 2. The fourth-order valence-corrected chi connectivity index (χ4v) is 1.65. The molecular weight excluding hydrogens is 195 g/mol. The first-order valence-electron chi connectivity index (χ1n) is 5.32. The molecule has 1 aliphatic heterocycles. The van der Waals surface area contributed by atoms with Gasteiger partial charge in [-0.1, -0.05) is 13.0 Å². The minimum atomic E-state index is -0.277. The molecule has 0 aliphatic carbocycles. The van der Waals surface area contributed by atoms with Gasteiger partial charge < -0.3 is 9.47 Å². The molecule has 1 fully saturated rings. The molecule has 3 heteroatoms. The maximum atomic E-state index is 13.5. The predicted octanol–water partition coefficient (Wildman–Crippen LogP) is 2.56. The van der Waals surface area contributed by atoms with E-state index < -0.39 is 0 Å². The van der Waals surface area contributed by atoms with Crippen molar-refractivity contribution in [3.63, 3.8) is 0 Å². The summed E-state index contributed by atoms with van der Waals surface area (Å²) in [5.41, 5.74) is 0.988. The molecule has 15 heavy (non-hydrogen) atoms. The highest BCUT2D eigenvalue weighted by atomic mass is 19.1. The average molecular weight is 210 g/mol. The van der Waals surface area contributed by atoms with Crippen molar-refractivity contribution < 1.29 is 13.9 Å². The van der Waals surface area contributed by atoms with Crippen molar-refractivity contribution in [2.45, 2.75) is 25.9 Å². The van der Waals surface area contributed by atoms with Crippen molar-refractivity contribution in [1.82, 2.24) is 0 Å². The summed E-state index contributed by atoms with van der Waals surface area (Å²) in [6.07, 6.45) is 1.69. The van der Waals surface area contributed by atoms with Gasteiger partial charge in [0.15, 0.2) is 11.6 Å². The van der Waals surface area contributed by atoms with Crippen LogP contribution in [0.5, 0.6) is 5.75 Å². The topological polar surface area (TPSA) is 18.5 Å². The summed E-state index contributed by atoms with van der Waals surface area (Å²) in [5, 5.41) is 0. The van der Waals surface area contributed by atoms with Crippen LogP contribution in [0.15, 0.2) is 18.2 Å². The van der Waals surface area contributed by atoms with E-state index in [1.807, 2.05) is 13.0 Å². The second kappa shape index (κ2) is 4.62. The number of aryl methyl sites for hydroxylation is 1. The Labute approximate surface area is 89.0 Å². The fourth-order valence-electron chi connectivity index (χ4n) is 1.65. The van der Waals surface area contributed by atoms with E-state index in [1.54, 1.807) is 6.07 Å². The van der Waals surface area contributed by atoms with E-state index in [0.29, 0.717) is 19.0 Å². The molecule has 0 aromatic heterocycles. The van der Waals surface area contributed by atoms with Crippen LogP contribution in [-0.2, 0) is 11.2 Å². The van der Waals surface area contributed by atoms with Gasteiger partial charge in [0, 0.05) is 6.42 Å². The molecule has 0 amide bonds. The maximum absolute atomic E-state index is 13.5. The lowest BCUT2D eigenvalue weighted by Crippen LogP contribution is -2.16. The van der Waals surface area contributed by atoms with Crippen LogP contribution in [0.3, 0.4) is 0 Å². The monoisotopic (exact) mass is 210 g/mol. The summed E-state index contributed by atoms with van der Waals surface area (Å²) in [7, 11) is 0. The Balaban J connectivity index is 2.07. The van der Waals surface area contributed by atoms with Gasteiger partial charge in [-0.15, -0.1) is 0 Å². The third-order valence-corrected chi connectivity index (χ3v) is 2.59. The first kappa shape index (κ1) is 10.4. The minimum Gasteiger partial charge on any atom is -0.485 e. The minimum absolute atomic E-state index is 0.00646. The van der Waals surface area contributed by atoms with Crippen LogP contribution in [0.2, 0.25) is 0 Å². The van der Waals surface area contributed by atoms with Crippen LogP contribution < -0.4 is 4.74 Å². The van der Waals surface area contributed by atoms with Gasteiger partial charge in [-0.25, -0.2) is 4.39 Å². The van der Waals surface area contributed by atoms with Crippen LogP contribution >= 0.6 is 0 Å². The Morgan fingerprint density at radius 2 is 2.40 bits per heavy atom. The van der Waals surface area contributed by atoms with Crippen molar-refractivity contribution in [2.24, 2.45) is 0 Å². The maximum Gasteiger partial charge on any atom is 0.165 e. The largest absolute Gasteiger partial charge is 0.485 e. The first-order chi connectivity index (χ1) is 7.29. The molecule has 1 aromatic rings. The molecule has 0 saturated carbocycles. The van der Waals surface area contributed by atoms with Gasteiger partial charge in [0.2, 0.25) is 0 Å². The van der Waals surface area contributed by atoms with Crippen molar-refractivity contribution >= 4 is 0 Å². The van der Waals surface area contributed by atoms with E-state index in [2.05, 4.69) is 0 Å². The highest BCUT2D eigenvalue weighted by molar-refractivity contribution is 5.29. The van der Waals surface area contributed by atoms with Crippen molar-refractivity contribution in [3.05, 3.63) is 29.6 Å². The zero-order valence-electron chi connectivity index (χ0n) is 8.83.